The number of ether oxygens (including phenoxy) is 4. The van der Waals surface area contributed by atoms with Crippen molar-refractivity contribution >= 4 is 0 Å². The minimum atomic E-state index is -0.331. The zero-order valence-electron chi connectivity index (χ0n) is 14.8. The maximum atomic E-state index is 5.90. The second-order valence-electron chi connectivity index (χ2n) is 4.80. The SMILES string of the molecule is C=C/C=C(\C=C)COC[C@@H](C/C=C/C)OCC(OCC)OCC. The lowest BCUT2D eigenvalue weighted by atomic mass is 10.2. The highest BCUT2D eigenvalue weighted by Crippen LogP contribution is 2.07. The highest BCUT2D eigenvalue weighted by molar-refractivity contribution is 5.21. The summed E-state index contributed by atoms with van der Waals surface area (Å²) in [6.07, 6.45) is 9.87. The molecule has 0 radical (unpaired) electrons. The molecule has 0 amide bonds. The van der Waals surface area contributed by atoms with Crippen molar-refractivity contribution in [3.8, 4) is 0 Å². The molecule has 0 saturated carbocycles. The maximum absolute atomic E-state index is 5.90. The van der Waals surface area contributed by atoms with E-state index in [2.05, 4.69) is 19.2 Å². The van der Waals surface area contributed by atoms with E-state index in [1.807, 2.05) is 32.9 Å². The van der Waals surface area contributed by atoms with E-state index in [9.17, 15) is 0 Å². The molecule has 0 aliphatic heterocycles. The van der Waals surface area contributed by atoms with Gasteiger partial charge in [0.05, 0.1) is 25.9 Å². The van der Waals surface area contributed by atoms with Gasteiger partial charge < -0.3 is 18.9 Å². The van der Waals surface area contributed by atoms with Crippen LogP contribution in [0.5, 0.6) is 0 Å². The molecule has 0 N–H and O–H groups in total. The topological polar surface area (TPSA) is 36.9 Å². The van der Waals surface area contributed by atoms with E-state index in [-0.39, 0.29) is 12.4 Å². The first-order valence-electron chi connectivity index (χ1n) is 8.19. The Bertz CT molecular complexity index is 354. The Morgan fingerprint density at radius 1 is 1.04 bits per heavy atom. The van der Waals surface area contributed by atoms with Gasteiger partial charge in [-0.3, -0.25) is 0 Å². The second kappa shape index (κ2) is 15.7. The van der Waals surface area contributed by atoms with Crippen LogP contribution in [0.2, 0.25) is 0 Å². The van der Waals surface area contributed by atoms with Gasteiger partial charge >= 0.3 is 0 Å². The quantitative estimate of drug-likeness (QED) is 0.259. The van der Waals surface area contributed by atoms with Crippen LogP contribution in [0.15, 0.2) is 49.1 Å². The fourth-order valence-electron chi connectivity index (χ4n) is 1.84. The summed E-state index contributed by atoms with van der Waals surface area (Å²) in [6, 6.07) is 0. The molecule has 0 bridgehead atoms. The zero-order valence-corrected chi connectivity index (χ0v) is 14.8. The summed E-state index contributed by atoms with van der Waals surface area (Å²) in [5.74, 6) is 0. The van der Waals surface area contributed by atoms with Crippen LogP contribution in [0.1, 0.15) is 27.2 Å². The molecule has 0 spiro atoms. The second-order valence-corrected chi connectivity index (χ2v) is 4.80. The zero-order chi connectivity index (χ0) is 17.3. The molecule has 0 aromatic carbocycles. The smallest absolute Gasteiger partial charge is 0.180 e. The van der Waals surface area contributed by atoms with Gasteiger partial charge in [-0.1, -0.05) is 43.5 Å². The van der Waals surface area contributed by atoms with E-state index in [1.54, 1.807) is 12.2 Å². The van der Waals surface area contributed by atoms with Crippen LogP contribution >= 0.6 is 0 Å². The van der Waals surface area contributed by atoms with E-state index in [4.69, 9.17) is 18.9 Å². The summed E-state index contributed by atoms with van der Waals surface area (Å²) in [5.41, 5.74) is 0.992. The van der Waals surface area contributed by atoms with Gasteiger partial charge in [-0.25, -0.2) is 0 Å². The third kappa shape index (κ3) is 12.0. The fraction of sp³-hybridized carbons (Fsp3) is 0.579. The molecule has 0 aromatic rings. The molecule has 0 fully saturated rings. The van der Waals surface area contributed by atoms with Crippen molar-refractivity contribution in [1.82, 2.24) is 0 Å². The number of hydrogen-bond donors (Lipinski definition) is 0. The Morgan fingerprint density at radius 3 is 2.26 bits per heavy atom. The lowest BCUT2D eigenvalue weighted by Crippen LogP contribution is -2.29. The van der Waals surface area contributed by atoms with E-state index >= 15 is 0 Å². The van der Waals surface area contributed by atoms with Gasteiger partial charge in [0, 0.05) is 13.2 Å². The van der Waals surface area contributed by atoms with E-state index < -0.39 is 0 Å². The molecule has 0 saturated heterocycles. The molecule has 0 unspecified atom stereocenters. The van der Waals surface area contributed by atoms with Crippen molar-refractivity contribution in [2.45, 2.75) is 39.6 Å². The monoisotopic (exact) mass is 324 g/mol. The third-order valence-corrected chi connectivity index (χ3v) is 2.97. The molecule has 0 aromatic heterocycles. The van der Waals surface area contributed by atoms with Gasteiger partial charge in [0.1, 0.15) is 0 Å². The minimum Gasteiger partial charge on any atom is -0.374 e. The molecule has 4 nitrogen and oxygen atoms in total. The average Bonchev–Trinajstić information content (AvgIpc) is 2.56. The minimum absolute atomic E-state index is 0.0376. The molecule has 4 heteroatoms. The summed E-state index contributed by atoms with van der Waals surface area (Å²) in [6.45, 7) is 15.9. The van der Waals surface area contributed by atoms with Crippen molar-refractivity contribution in [3.63, 3.8) is 0 Å². The summed E-state index contributed by atoms with van der Waals surface area (Å²) in [7, 11) is 0. The van der Waals surface area contributed by atoms with Crippen LogP contribution in [-0.2, 0) is 18.9 Å². The van der Waals surface area contributed by atoms with Gasteiger partial charge in [-0.15, -0.1) is 0 Å². The van der Waals surface area contributed by atoms with Gasteiger partial charge in [-0.2, -0.15) is 0 Å². The highest BCUT2D eigenvalue weighted by atomic mass is 16.7. The van der Waals surface area contributed by atoms with Gasteiger partial charge in [0.15, 0.2) is 6.29 Å². The van der Waals surface area contributed by atoms with Crippen molar-refractivity contribution in [2.24, 2.45) is 0 Å². The third-order valence-electron chi connectivity index (χ3n) is 2.97. The van der Waals surface area contributed by atoms with Crippen LogP contribution in [0.3, 0.4) is 0 Å². The van der Waals surface area contributed by atoms with E-state index in [0.717, 1.165) is 12.0 Å². The molecule has 0 rings (SSSR count). The first kappa shape index (κ1) is 21.8. The molecular formula is C19H32O4. The predicted octanol–water partition coefficient (Wildman–Crippen LogP) is 4.05. The fourth-order valence-corrected chi connectivity index (χ4v) is 1.84. The Kier molecular flexibility index (Phi) is 14.9. The Hall–Kier alpha value is -1.20. The lowest BCUT2D eigenvalue weighted by Gasteiger charge is -2.21. The summed E-state index contributed by atoms with van der Waals surface area (Å²) in [5, 5.41) is 0. The first-order valence-corrected chi connectivity index (χ1v) is 8.19. The molecular weight excluding hydrogens is 292 g/mol. The Morgan fingerprint density at radius 2 is 1.74 bits per heavy atom. The number of hydrogen-bond acceptors (Lipinski definition) is 4. The largest absolute Gasteiger partial charge is 0.374 e. The Labute approximate surface area is 141 Å². The number of allylic oxidation sites excluding steroid dienone is 3. The normalized spacial score (nSPS) is 13.7. The van der Waals surface area contributed by atoms with Crippen LogP contribution in [-0.4, -0.2) is 45.4 Å². The average molecular weight is 324 g/mol. The maximum Gasteiger partial charge on any atom is 0.180 e. The molecule has 0 aliphatic carbocycles. The molecule has 0 aliphatic rings. The number of rotatable bonds is 15. The highest BCUT2D eigenvalue weighted by Gasteiger charge is 2.14. The summed E-state index contributed by atoms with van der Waals surface area (Å²) >= 11 is 0. The first-order chi connectivity index (χ1) is 11.2. The Balaban J connectivity index is 4.36. The van der Waals surface area contributed by atoms with Gasteiger partial charge in [-0.05, 0) is 32.8 Å². The molecule has 1 atom stereocenters. The lowest BCUT2D eigenvalue weighted by molar-refractivity contribution is -0.179. The van der Waals surface area contributed by atoms with Crippen LogP contribution < -0.4 is 0 Å². The van der Waals surface area contributed by atoms with Crippen molar-refractivity contribution < 1.29 is 18.9 Å². The van der Waals surface area contributed by atoms with Crippen LogP contribution in [0.25, 0.3) is 0 Å². The van der Waals surface area contributed by atoms with E-state index in [0.29, 0.717) is 33.0 Å². The summed E-state index contributed by atoms with van der Waals surface area (Å²) in [4.78, 5) is 0. The van der Waals surface area contributed by atoms with Crippen molar-refractivity contribution in [1.29, 1.82) is 0 Å². The van der Waals surface area contributed by atoms with Crippen LogP contribution in [0, 0.1) is 0 Å². The standard InChI is InChI=1S/C19H32O4/c1-6-11-13-18(15-20-14-17(8-3)12-7-2)23-16-19(21-9-4)22-10-5/h6-8,11-12,18-19H,2-3,9-10,13-16H2,1,4-5H3/b11-6+,17-12+/t18-/m1/s1. The van der Waals surface area contributed by atoms with Crippen molar-refractivity contribution in [2.75, 3.05) is 33.0 Å². The van der Waals surface area contributed by atoms with Gasteiger partial charge in [0.25, 0.3) is 0 Å². The summed E-state index contributed by atoms with van der Waals surface area (Å²) < 4.78 is 22.6. The van der Waals surface area contributed by atoms with Gasteiger partial charge in [0.2, 0.25) is 0 Å². The molecule has 23 heavy (non-hydrogen) atoms. The molecule has 132 valence electrons. The van der Waals surface area contributed by atoms with E-state index in [1.165, 1.54) is 0 Å². The molecule has 0 heterocycles. The van der Waals surface area contributed by atoms with Crippen LogP contribution in [0.4, 0.5) is 0 Å². The predicted molar refractivity (Wildman–Crippen MR) is 95.5 cm³/mol. The van der Waals surface area contributed by atoms with Crippen molar-refractivity contribution in [3.05, 3.63) is 49.1 Å².